The quantitative estimate of drug-likeness (QED) is 0.709. The van der Waals surface area contributed by atoms with Crippen LogP contribution in [0.1, 0.15) is 28.4 Å². The van der Waals surface area contributed by atoms with Gasteiger partial charge in [-0.2, -0.15) is 0 Å². The van der Waals surface area contributed by atoms with Crippen molar-refractivity contribution in [2.75, 3.05) is 25.5 Å². The summed E-state index contributed by atoms with van der Waals surface area (Å²) in [6.07, 6.45) is 4.89. The normalized spacial score (nSPS) is 10.4. The van der Waals surface area contributed by atoms with Crippen LogP contribution in [0.3, 0.4) is 0 Å². The molecule has 122 valence electrons. The maximum Gasteiger partial charge on any atom is 0.276 e. The zero-order valence-corrected chi connectivity index (χ0v) is 13.4. The molecule has 0 aliphatic heterocycles. The Balaban J connectivity index is 1.98. The highest BCUT2D eigenvalue weighted by molar-refractivity contribution is 5.98. The first-order valence-electron chi connectivity index (χ1n) is 7.19. The van der Waals surface area contributed by atoms with E-state index in [1.54, 1.807) is 11.9 Å². The van der Waals surface area contributed by atoms with Gasteiger partial charge in [0, 0.05) is 45.5 Å². The van der Waals surface area contributed by atoms with Crippen molar-refractivity contribution in [1.82, 2.24) is 20.0 Å². The predicted octanol–water partition coefficient (Wildman–Crippen LogP) is 1.07. The first-order valence-corrected chi connectivity index (χ1v) is 7.19. The molecule has 0 atom stereocenters. The largest absolute Gasteiger partial charge is 0.361 e. The molecule has 0 aromatic carbocycles. The molecule has 23 heavy (non-hydrogen) atoms. The van der Waals surface area contributed by atoms with E-state index in [9.17, 15) is 9.59 Å². The van der Waals surface area contributed by atoms with Crippen LogP contribution < -0.4 is 4.90 Å². The SMILES string of the molecule is Cc1cc(CCCN(C)C(=O)c2nccnc2N(C)C=O)on1. The number of amides is 2. The van der Waals surface area contributed by atoms with Gasteiger partial charge in [-0.3, -0.25) is 9.59 Å². The van der Waals surface area contributed by atoms with Crippen molar-refractivity contribution in [3.05, 3.63) is 35.6 Å². The van der Waals surface area contributed by atoms with Crippen molar-refractivity contribution in [2.45, 2.75) is 19.8 Å². The van der Waals surface area contributed by atoms with E-state index in [1.165, 1.54) is 24.3 Å². The molecule has 0 saturated carbocycles. The predicted molar refractivity (Wildman–Crippen MR) is 83.0 cm³/mol. The first-order chi connectivity index (χ1) is 11.0. The number of rotatable bonds is 7. The van der Waals surface area contributed by atoms with Gasteiger partial charge in [-0.15, -0.1) is 0 Å². The van der Waals surface area contributed by atoms with Crippen molar-refractivity contribution >= 4 is 18.1 Å². The van der Waals surface area contributed by atoms with Gasteiger partial charge in [0.05, 0.1) is 5.69 Å². The number of anilines is 1. The summed E-state index contributed by atoms with van der Waals surface area (Å²) in [5.41, 5.74) is 0.991. The van der Waals surface area contributed by atoms with Gasteiger partial charge in [0.2, 0.25) is 6.41 Å². The van der Waals surface area contributed by atoms with Crippen LogP contribution in [0.25, 0.3) is 0 Å². The lowest BCUT2D eigenvalue weighted by atomic mass is 10.2. The van der Waals surface area contributed by atoms with Crippen molar-refractivity contribution in [2.24, 2.45) is 0 Å². The second kappa shape index (κ2) is 7.48. The number of aromatic nitrogens is 3. The molecule has 2 heterocycles. The number of hydrogen-bond donors (Lipinski definition) is 0. The third-order valence-corrected chi connectivity index (χ3v) is 3.31. The average molecular weight is 317 g/mol. The van der Waals surface area contributed by atoms with Crippen LogP contribution in [0.2, 0.25) is 0 Å². The Bertz CT molecular complexity index is 685. The Morgan fingerprint density at radius 3 is 2.70 bits per heavy atom. The van der Waals surface area contributed by atoms with E-state index >= 15 is 0 Å². The van der Waals surface area contributed by atoms with Gasteiger partial charge < -0.3 is 14.3 Å². The molecule has 0 saturated heterocycles. The molecule has 0 N–H and O–H groups in total. The fourth-order valence-corrected chi connectivity index (χ4v) is 2.10. The highest BCUT2D eigenvalue weighted by Crippen LogP contribution is 2.14. The maximum absolute atomic E-state index is 12.5. The standard InChI is InChI=1S/C15H19N5O3/c1-11-9-12(23-18-11)5-4-8-19(2)15(22)13-14(20(3)10-21)17-7-6-16-13/h6-7,9-10H,4-5,8H2,1-3H3. The summed E-state index contributed by atoms with van der Waals surface area (Å²) in [5, 5.41) is 3.83. The minimum absolute atomic E-state index is 0.153. The van der Waals surface area contributed by atoms with Crippen LogP contribution in [0.4, 0.5) is 5.82 Å². The van der Waals surface area contributed by atoms with E-state index in [2.05, 4.69) is 15.1 Å². The van der Waals surface area contributed by atoms with Gasteiger partial charge in [0.15, 0.2) is 11.5 Å². The molecule has 2 aromatic rings. The first kappa shape index (κ1) is 16.6. The van der Waals surface area contributed by atoms with Gasteiger partial charge in [0.25, 0.3) is 5.91 Å². The molecule has 2 rings (SSSR count). The molecule has 2 amide bonds. The van der Waals surface area contributed by atoms with Crippen LogP contribution in [-0.4, -0.2) is 53.0 Å². The van der Waals surface area contributed by atoms with E-state index in [-0.39, 0.29) is 17.4 Å². The van der Waals surface area contributed by atoms with Crippen LogP contribution in [0.5, 0.6) is 0 Å². The third kappa shape index (κ3) is 4.12. The summed E-state index contributed by atoms with van der Waals surface area (Å²) in [6, 6.07) is 1.88. The molecule has 2 aromatic heterocycles. The topological polar surface area (TPSA) is 92.4 Å². The van der Waals surface area contributed by atoms with E-state index < -0.39 is 0 Å². The molecule has 0 spiro atoms. The Hall–Kier alpha value is -2.77. The Morgan fingerprint density at radius 2 is 2.04 bits per heavy atom. The van der Waals surface area contributed by atoms with E-state index in [1.807, 2.05) is 13.0 Å². The zero-order chi connectivity index (χ0) is 16.8. The summed E-state index contributed by atoms with van der Waals surface area (Å²) in [5.74, 6) is 0.755. The molecule has 0 aliphatic carbocycles. The summed E-state index contributed by atoms with van der Waals surface area (Å²) >= 11 is 0. The van der Waals surface area contributed by atoms with Crippen LogP contribution >= 0.6 is 0 Å². The second-order valence-corrected chi connectivity index (χ2v) is 5.21. The van der Waals surface area contributed by atoms with Crippen molar-refractivity contribution in [3.63, 3.8) is 0 Å². The summed E-state index contributed by atoms with van der Waals surface area (Å²) in [7, 11) is 3.22. The molecule has 0 unspecified atom stereocenters. The van der Waals surface area contributed by atoms with Crippen LogP contribution in [0.15, 0.2) is 23.0 Å². The number of hydrogen-bond acceptors (Lipinski definition) is 6. The van der Waals surface area contributed by atoms with Gasteiger partial charge in [0.1, 0.15) is 5.76 Å². The molecular formula is C15H19N5O3. The zero-order valence-electron chi connectivity index (χ0n) is 13.4. The Morgan fingerprint density at radius 1 is 1.30 bits per heavy atom. The monoisotopic (exact) mass is 317 g/mol. The molecular weight excluding hydrogens is 298 g/mol. The van der Waals surface area contributed by atoms with E-state index in [4.69, 9.17) is 4.52 Å². The number of nitrogens with zero attached hydrogens (tertiary/aromatic N) is 5. The van der Waals surface area contributed by atoms with Crippen LogP contribution in [-0.2, 0) is 11.2 Å². The minimum atomic E-state index is -0.282. The Kier molecular flexibility index (Phi) is 5.40. The fraction of sp³-hybridized carbons (Fsp3) is 0.400. The van der Waals surface area contributed by atoms with Gasteiger partial charge in [-0.05, 0) is 13.3 Å². The van der Waals surface area contributed by atoms with Gasteiger partial charge >= 0.3 is 0 Å². The highest BCUT2D eigenvalue weighted by atomic mass is 16.5. The van der Waals surface area contributed by atoms with Gasteiger partial charge in [-0.1, -0.05) is 5.16 Å². The highest BCUT2D eigenvalue weighted by Gasteiger charge is 2.20. The smallest absolute Gasteiger partial charge is 0.276 e. The lowest BCUT2D eigenvalue weighted by molar-refractivity contribution is -0.107. The van der Waals surface area contributed by atoms with Crippen LogP contribution in [0, 0.1) is 6.92 Å². The molecule has 8 nitrogen and oxygen atoms in total. The van der Waals surface area contributed by atoms with Crippen molar-refractivity contribution in [1.29, 1.82) is 0 Å². The summed E-state index contributed by atoms with van der Waals surface area (Å²) < 4.78 is 5.14. The van der Waals surface area contributed by atoms with E-state index in [0.717, 1.165) is 17.9 Å². The van der Waals surface area contributed by atoms with E-state index in [0.29, 0.717) is 19.4 Å². The number of carbonyl (C=O) groups excluding carboxylic acids is 2. The molecule has 8 heteroatoms. The molecule has 0 fully saturated rings. The minimum Gasteiger partial charge on any atom is -0.361 e. The maximum atomic E-state index is 12.5. The number of carbonyl (C=O) groups is 2. The third-order valence-electron chi connectivity index (χ3n) is 3.31. The molecule has 0 radical (unpaired) electrons. The fourth-order valence-electron chi connectivity index (χ4n) is 2.10. The second-order valence-electron chi connectivity index (χ2n) is 5.21. The average Bonchev–Trinajstić information content (AvgIpc) is 2.98. The van der Waals surface area contributed by atoms with Crippen molar-refractivity contribution < 1.29 is 14.1 Å². The van der Waals surface area contributed by atoms with Crippen molar-refractivity contribution in [3.8, 4) is 0 Å². The number of aryl methyl sites for hydroxylation is 2. The lowest BCUT2D eigenvalue weighted by Gasteiger charge is -2.19. The van der Waals surface area contributed by atoms with Gasteiger partial charge in [-0.25, -0.2) is 9.97 Å². The molecule has 0 bridgehead atoms. The molecule has 0 aliphatic rings. The summed E-state index contributed by atoms with van der Waals surface area (Å²) in [4.78, 5) is 34.3. The summed E-state index contributed by atoms with van der Waals surface area (Å²) in [6.45, 7) is 2.39. The Labute approximate surface area is 134 Å². The lowest BCUT2D eigenvalue weighted by Crippen LogP contribution is -2.31.